The third-order valence-corrected chi connectivity index (χ3v) is 5.47. The minimum absolute atomic E-state index is 0.0394. The number of aromatic nitrogens is 3. The van der Waals surface area contributed by atoms with E-state index in [0.29, 0.717) is 17.3 Å². The van der Waals surface area contributed by atoms with Crippen molar-refractivity contribution in [1.82, 2.24) is 15.0 Å². The third-order valence-electron chi connectivity index (χ3n) is 5.11. The smallest absolute Gasteiger partial charge is 0.315 e. The number of benzene rings is 1. The first-order valence-corrected chi connectivity index (χ1v) is 10.5. The van der Waals surface area contributed by atoms with Crippen LogP contribution in [0, 0.1) is 20.8 Å². The fourth-order valence-electron chi connectivity index (χ4n) is 3.41. The Morgan fingerprint density at radius 2 is 1.91 bits per heavy atom. The lowest BCUT2D eigenvalue weighted by Crippen LogP contribution is -2.35. The van der Waals surface area contributed by atoms with Gasteiger partial charge in [0, 0.05) is 25.0 Å². The van der Waals surface area contributed by atoms with Crippen molar-refractivity contribution in [3.63, 3.8) is 0 Å². The molecule has 1 aromatic carbocycles. The van der Waals surface area contributed by atoms with Crippen molar-refractivity contribution < 1.29 is 14.3 Å². The fraction of sp³-hybridized carbons (Fsp3) is 0.217. The van der Waals surface area contributed by atoms with E-state index < -0.39 is 11.8 Å². The monoisotopic (exact) mass is 447 g/mol. The molecule has 0 saturated heterocycles. The van der Waals surface area contributed by atoms with Crippen LogP contribution in [0.4, 0.5) is 5.82 Å². The van der Waals surface area contributed by atoms with Crippen LogP contribution in [0.15, 0.2) is 41.7 Å². The number of fused-ring (bicyclic) bond motifs is 1. The van der Waals surface area contributed by atoms with Gasteiger partial charge in [0.1, 0.15) is 12.3 Å². The number of amides is 2. The molecule has 2 amide bonds. The molecule has 0 spiro atoms. The molecule has 0 N–H and O–H groups in total. The summed E-state index contributed by atoms with van der Waals surface area (Å²) in [5.74, 6) is -0.422. The number of anilines is 1. The quantitative estimate of drug-likeness (QED) is 0.560. The highest BCUT2D eigenvalue weighted by Crippen LogP contribution is 2.28. The zero-order valence-corrected chi connectivity index (χ0v) is 19.4. The number of rotatable bonds is 2. The van der Waals surface area contributed by atoms with Gasteiger partial charge in [-0.3, -0.25) is 14.5 Å². The molecule has 0 fully saturated rings. The van der Waals surface area contributed by atoms with Gasteiger partial charge in [-0.25, -0.2) is 19.9 Å². The number of carbonyl (C=O) groups is 2. The topological polar surface area (TPSA) is 97.6 Å². The zero-order valence-electron chi connectivity index (χ0n) is 18.2. The first kappa shape index (κ1) is 21.7. The van der Waals surface area contributed by atoms with Crippen molar-refractivity contribution in [3.05, 3.63) is 59.2 Å². The minimum atomic E-state index is -0.706. The largest absolute Gasteiger partial charge is 0.483 e. The lowest BCUT2D eigenvalue weighted by molar-refractivity contribution is -0.112. The van der Waals surface area contributed by atoms with Crippen LogP contribution in [0.1, 0.15) is 27.3 Å². The Balaban J connectivity index is 1.67. The molecular weight excluding hydrogens is 425 g/mol. The van der Waals surface area contributed by atoms with E-state index in [9.17, 15) is 9.59 Å². The van der Waals surface area contributed by atoms with Gasteiger partial charge in [0.05, 0.1) is 5.69 Å². The van der Waals surface area contributed by atoms with Crippen LogP contribution in [-0.2, 0) is 4.79 Å². The van der Waals surface area contributed by atoms with E-state index in [4.69, 9.17) is 4.74 Å². The predicted molar refractivity (Wildman–Crippen MR) is 126 cm³/mol. The summed E-state index contributed by atoms with van der Waals surface area (Å²) in [6.45, 7) is 5.59. The van der Waals surface area contributed by atoms with E-state index in [-0.39, 0.29) is 18.1 Å². The van der Waals surface area contributed by atoms with E-state index in [0.717, 1.165) is 27.6 Å². The number of nitrogens with zero attached hydrogens (tertiary/aromatic N) is 5. The van der Waals surface area contributed by atoms with Crippen LogP contribution in [0.2, 0.25) is 0 Å². The molecule has 162 valence electrons. The summed E-state index contributed by atoms with van der Waals surface area (Å²) in [4.78, 5) is 43.9. The second kappa shape index (κ2) is 8.55. The molecule has 1 unspecified atom stereocenters. The van der Waals surface area contributed by atoms with Crippen molar-refractivity contribution >= 4 is 37.9 Å². The summed E-state index contributed by atoms with van der Waals surface area (Å²) in [6.07, 6.45) is 3.23. The lowest BCUT2D eigenvalue weighted by Gasteiger charge is -2.14. The summed E-state index contributed by atoms with van der Waals surface area (Å²) in [7, 11) is 4.22. The standard InChI is InChI=1S/C23H22N5O3P/c1-12-7-18-21(25-9-12)28(4)23(30)17(11-31-18)26-22(29)20-24-10-14(3)19(27-20)16-6-5-15(32)8-13(16)2/h5-10H,11,32H2,1-4H3. The highest BCUT2D eigenvalue weighted by Gasteiger charge is 2.28. The van der Waals surface area contributed by atoms with Gasteiger partial charge >= 0.3 is 5.91 Å². The molecule has 3 heterocycles. The van der Waals surface area contributed by atoms with Gasteiger partial charge in [0.15, 0.2) is 11.6 Å². The summed E-state index contributed by atoms with van der Waals surface area (Å²) in [5, 5.41) is 1.06. The van der Waals surface area contributed by atoms with Crippen molar-refractivity contribution in [1.29, 1.82) is 0 Å². The summed E-state index contributed by atoms with van der Waals surface area (Å²) in [5.41, 5.74) is 4.27. The molecule has 0 saturated carbocycles. The van der Waals surface area contributed by atoms with Crippen LogP contribution in [-0.4, -0.2) is 46.1 Å². The van der Waals surface area contributed by atoms with Crippen molar-refractivity contribution in [3.8, 4) is 17.0 Å². The van der Waals surface area contributed by atoms with Crippen LogP contribution in [0.5, 0.6) is 5.75 Å². The van der Waals surface area contributed by atoms with Crippen LogP contribution >= 0.6 is 9.24 Å². The molecular formula is C23H22N5O3P. The summed E-state index contributed by atoms with van der Waals surface area (Å²) in [6, 6.07) is 7.72. The maximum atomic E-state index is 12.9. The normalized spacial score (nSPS) is 14.7. The van der Waals surface area contributed by atoms with Crippen molar-refractivity contribution in [2.45, 2.75) is 20.8 Å². The van der Waals surface area contributed by atoms with Gasteiger partial charge in [-0.05, 0) is 48.8 Å². The highest BCUT2D eigenvalue weighted by molar-refractivity contribution is 7.27. The summed E-state index contributed by atoms with van der Waals surface area (Å²) < 4.78 is 5.71. The number of pyridine rings is 1. The number of aryl methyl sites for hydroxylation is 3. The highest BCUT2D eigenvalue weighted by atomic mass is 31.0. The molecule has 0 aliphatic carbocycles. The molecule has 0 bridgehead atoms. The second-order valence-electron chi connectivity index (χ2n) is 7.65. The lowest BCUT2D eigenvalue weighted by atomic mass is 10.0. The molecule has 0 radical (unpaired) electrons. The number of hydrogen-bond donors (Lipinski definition) is 0. The average Bonchev–Trinajstić information content (AvgIpc) is 2.86. The van der Waals surface area contributed by atoms with Crippen molar-refractivity contribution in [2.75, 3.05) is 18.6 Å². The Kier molecular flexibility index (Phi) is 5.80. The van der Waals surface area contributed by atoms with E-state index in [1.54, 1.807) is 25.5 Å². The minimum Gasteiger partial charge on any atom is -0.483 e. The molecule has 1 aliphatic rings. The van der Waals surface area contributed by atoms with Gasteiger partial charge in [0.25, 0.3) is 5.91 Å². The van der Waals surface area contributed by atoms with E-state index in [1.807, 2.05) is 39.0 Å². The second-order valence-corrected chi connectivity index (χ2v) is 8.32. The Morgan fingerprint density at radius 1 is 1.12 bits per heavy atom. The third kappa shape index (κ3) is 4.14. The van der Waals surface area contributed by atoms with Gasteiger partial charge in [-0.1, -0.05) is 18.2 Å². The van der Waals surface area contributed by atoms with Crippen LogP contribution in [0.3, 0.4) is 0 Å². The predicted octanol–water partition coefficient (Wildman–Crippen LogP) is 2.60. The van der Waals surface area contributed by atoms with E-state index in [1.165, 1.54) is 4.90 Å². The first-order valence-electron chi connectivity index (χ1n) is 9.94. The Hall–Kier alpha value is -3.51. The van der Waals surface area contributed by atoms with Gasteiger partial charge in [-0.15, -0.1) is 9.24 Å². The zero-order chi connectivity index (χ0) is 23.0. The Bertz CT molecular complexity index is 1290. The molecule has 1 atom stereocenters. The number of carbonyl (C=O) groups excluding carboxylic acids is 2. The maximum absolute atomic E-state index is 12.9. The van der Waals surface area contributed by atoms with Crippen LogP contribution in [0.25, 0.3) is 11.3 Å². The molecule has 9 heteroatoms. The average molecular weight is 447 g/mol. The van der Waals surface area contributed by atoms with Gasteiger partial charge < -0.3 is 4.74 Å². The van der Waals surface area contributed by atoms with E-state index >= 15 is 0 Å². The number of aliphatic imine (C=N–C) groups is 1. The maximum Gasteiger partial charge on any atom is 0.315 e. The first-order chi connectivity index (χ1) is 15.2. The molecule has 4 rings (SSSR count). The SMILES string of the molecule is Cc1cnc2c(c1)OCC(=NC(=O)c1ncc(C)c(-c3ccc(P)cc3C)n1)C(=O)N2C. The van der Waals surface area contributed by atoms with E-state index in [2.05, 4.69) is 29.2 Å². The fourth-order valence-corrected chi connectivity index (χ4v) is 3.76. The Morgan fingerprint density at radius 3 is 2.66 bits per heavy atom. The van der Waals surface area contributed by atoms with Gasteiger partial charge in [0.2, 0.25) is 5.82 Å². The summed E-state index contributed by atoms with van der Waals surface area (Å²) >= 11 is 0. The molecule has 32 heavy (non-hydrogen) atoms. The molecule has 1 aliphatic heterocycles. The molecule has 2 aromatic heterocycles. The van der Waals surface area contributed by atoms with Crippen LogP contribution < -0.4 is 14.9 Å². The van der Waals surface area contributed by atoms with Gasteiger partial charge in [-0.2, -0.15) is 0 Å². The number of hydrogen-bond acceptors (Lipinski definition) is 6. The van der Waals surface area contributed by atoms with Crippen molar-refractivity contribution in [2.24, 2.45) is 4.99 Å². The molecule has 8 nitrogen and oxygen atoms in total. The molecule has 3 aromatic rings. The number of ether oxygens (including phenoxy) is 1. The Labute approximate surface area is 188 Å².